The Labute approximate surface area is 187 Å². The van der Waals surface area contributed by atoms with Crippen LogP contribution in [0.4, 0.5) is 4.39 Å². The molecule has 2 rings (SSSR count). The van der Waals surface area contributed by atoms with E-state index in [1.807, 2.05) is 43.3 Å². The Morgan fingerprint density at radius 3 is 1.94 bits per heavy atom. The summed E-state index contributed by atoms with van der Waals surface area (Å²) in [5.74, 6) is 0.797. The van der Waals surface area contributed by atoms with Crippen molar-refractivity contribution in [3.63, 3.8) is 0 Å². The van der Waals surface area contributed by atoms with E-state index >= 15 is 0 Å². The van der Waals surface area contributed by atoms with Crippen molar-refractivity contribution < 1.29 is 18.7 Å². The van der Waals surface area contributed by atoms with E-state index in [-0.39, 0.29) is 6.42 Å². The summed E-state index contributed by atoms with van der Waals surface area (Å²) in [6.45, 7) is 4.99. The minimum atomic E-state index is -1.13. The molecule has 1 unspecified atom stereocenters. The van der Waals surface area contributed by atoms with Crippen molar-refractivity contribution in [3.8, 4) is 22.6 Å². The summed E-state index contributed by atoms with van der Waals surface area (Å²) in [5.41, 5.74) is 2.08. The average molecular weight is 429 g/mol. The fourth-order valence-corrected chi connectivity index (χ4v) is 3.41. The Morgan fingerprint density at radius 2 is 1.32 bits per heavy atom. The topological polar surface area (TPSA) is 35.5 Å². The summed E-state index contributed by atoms with van der Waals surface area (Å²) < 4.78 is 24.8. The van der Waals surface area contributed by atoms with Crippen molar-refractivity contribution in [2.24, 2.45) is 0 Å². The number of halogens is 1. The molecule has 0 N–H and O–H groups in total. The van der Waals surface area contributed by atoms with Crippen LogP contribution in [0.15, 0.2) is 48.5 Å². The summed E-state index contributed by atoms with van der Waals surface area (Å²) in [7, 11) is 0. The maximum absolute atomic E-state index is 13.7. The van der Waals surface area contributed by atoms with Crippen molar-refractivity contribution in [3.05, 3.63) is 48.5 Å². The Bertz CT molecular complexity index is 740. The highest BCUT2D eigenvalue weighted by Crippen LogP contribution is 2.25. The number of rotatable bonds is 15. The third kappa shape index (κ3) is 9.99. The van der Waals surface area contributed by atoms with Crippen LogP contribution in [0.2, 0.25) is 0 Å². The van der Waals surface area contributed by atoms with Gasteiger partial charge in [-0.15, -0.1) is 0 Å². The number of unbranched alkanes of at least 4 members (excludes halogenated alkanes) is 6. The predicted molar refractivity (Wildman–Crippen MR) is 125 cm³/mol. The van der Waals surface area contributed by atoms with E-state index in [0.717, 1.165) is 42.7 Å². The Hall–Kier alpha value is -2.36. The van der Waals surface area contributed by atoms with Gasteiger partial charge < -0.3 is 9.47 Å². The fourth-order valence-electron chi connectivity index (χ4n) is 3.41. The number of benzene rings is 2. The zero-order valence-corrected chi connectivity index (χ0v) is 19.1. The quantitative estimate of drug-likeness (QED) is 0.164. The summed E-state index contributed by atoms with van der Waals surface area (Å²) in [6.07, 6.45) is 8.30. The van der Waals surface area contributed by atoms with Crippen LogP contribution in [-0.2, 0) is 4.79 Å². The van der Waals surface area contributed by atoms with E-state index in [4.69, 9.17) is 9.47 Å². The second-order valence-corrected chi connectivity index (χ2v) is 8.08. The van der Waals surface area contributed by atoms with Crippen molar-refractivity contribution in [2.45, 2.75) is 84.2 Å². The van der Waals surface area contributed by atoms with Crippen molar-refractivity contribution >= 4 is 5.97 Å². The van der Waals surface area contributed by atoms with Gasteiger partial charge in [0.05, 0.1) is 13.0 Å². The smallest absolute Gasteiger partial charge is 0.314 e. The molecule has 2 aromatic carbocycles. The van der Waals surface area contributed by atoms with Gasteiger partial charge >= 0.3 is 5.97 Å². The van der Waals surface area contributed by atoms with Gasteiger partial charge in [0.2, 0.25) is 0 Å². The first-order valence-electron chi connectivity index (χ1n) is 11.8. The molecule has 170 valence electrons. The number of carbonyl (C=O) groups is 1. The molecule has 0 radical (unpaired) electrons. The molecular formula is C27H37FO3. The van der Waals surface area contributed by atoms with Gasteiger partial charge in [-0.1, -0.05) is 83.1 Å². The molecule has 1 atom stereocenters. The number of ether oxygens (including phenoxy) is 2. The molecular weight excluding hydrogens is 391 g/mol. The lowest BCUT2D eigenvalue weighted by Crippen LogP contribution is -2.14. The largest absolute Gasteiger partial charge is 0.494 e. The standard InChI is InChI=1S/C27H37FO3/c1-3-5-7-8-9-10-20-30-25-16-12-22(13-17-25)23-14-18-26(19-15-23)31-27(29)21-24(28)11-6-4-2/h12-19,24H,3-11,20-21H2,1-2H3. The van der Waals surface area contributed by atoms with E-state index in [2.05, 4.69) is 6.92 Å². The van der Waals surface area contributed by atoms with Crippen LogP contribution in [-0.4, -0.2) is 18.7 Å². The summed E-state index contributed by atoms with van der Waals surface area (Å²) >= 11 is 0. The zero-order chi connectivity index (χ0) is 22.3. The normalized spacial score (nSPS) is 11.8. The lowest BCUT2D eigenvalue weighted by molar-refractivity contribution is -0.135. The highest BCUT2D eigenvalue weighted by Gasteiger charge is 2.14. The van der Waals surface area contributed by atoms with Crippen LogP contribution in [0.1, 0.15) is 78.1 Å². The van der Waals surface area contributed by atoms with E-state index in [0.29, 0.717) is 12.2 Å². The molecule has 0 aliphatic heterocycles. The van der Waals surface area contributed by atoms with Crippen molar-refractivity contribution in [2.75, 3.05) is 6.61 Å². The Balaban J connectivity index is 1.76. The highest BCUT2D eigenvalue weighted by molar-refractivity contribution is 5.73. The minimum absolute atomic E-state index is 0.193. The summed E-state index contributed by atoms with van der Waals surface area (Å²) in [4.78, 5) is 11.9. The van der Waals surface area contributed by atoms with Crippen LogP contribution in [0.3, 0.4) is 0 Å². The van der Waals surface area contributed by atoms with Crippen LogP contribution >= 0.6 is 0 Å². The van der Waals surface area contributed by atoms with Crippen LogP contribution < -0.4 is 9.47 Å². The predicted octanol–water partition coefficient (Wildman–Crippen LogP) is 7.92. The SMILES string of the molecule is CCCCCCCCOc1ccc(-c2ccc(OC(=O)CC(F)CCCC)cc2)cc1. The fraction of sp³-hybridized carbons (Fsp3) is 0.519. The molecule has 4 heteroatoms. The summed E-state index contributed by atoms with van der Waals surface area (Å²) in [6, 6.07) is 15.3. The van der Waals surface area contributed by atoms with Gasteiger partial charge in [-0.05, 0) is 48.2 Å². The second-order valence-electron chi connectivity index (χ2n) is 8.08. The molecule has 0 bridgehead atoms. The molecule has 0 spiro atoms. The van der Waals surface area contributed by atoms with Gasteiger partial charge in [0.1, 0.15) is 17.7 Å². The van der Waals surface area contributed by atoms with E-state index < -0.39 is 12.1 Å². The lowest BCUT2D eigenvalue weighted by atomic mass is 10.1. The van der Waals surface area contributed by atoms with Crippen LogP contribution in [0, 0.1) is 0 Å². The average Bonchev–Trinajstić information content (AvgIpc) is 2.78. The van der Waals surface area contributed by atoms with E-state index in [9.17, 15) is 9.18 Å². The van der Waals surface area contributed by atoms with Gasteiger partial charge in [0.25, 0.3) is 0 Å². The Morgan fingerprint density at radius 1 is 0.774 bits per heavy atom. The van der Waals surface area contributed by atoms with E-state index in [1.165, 1.54) is 32.1 Å². The molecule has 31 heavy (non-hydrogen) atoms. The monoisotopic (exact) mass is 428 g/mol. The molecule has 0 fully saturated rings. The second kappa shape index (κ2) is 14.6. The Kier molecular flexibility index (Phi) is 11.7. The molecule has 0 aliphatic rings. The molecule has 0 saturated heterocycles. The third-order valence-electron chi connectivity index (χ3n) is 5.30. The molecule has 0 aliphatic carbocycles. The molecule has 2 aromatic rings. The van der Waals surface area contributed by atoms with Crippen molar-refractivity contribution in [1.29, 1.82) is 0 Å². The molecule has 0 saturated carbocycles. The van der Waals surface area contributed by atoms with Gasteiger partial charge in [-0.25, -0.2) is 4.39 Å². The maximum atomic E-state index is 13.7. The van der Waals surface area contributed by atoms with Crippen molar-refractivity contribution in [1.82, 2.24) is 0 Å². The number of carbonyl (C=O) groups excluding carboxylic acids is 1. The first-order valence-corrected chi connectivity index (χ1v) is 11.8. The molecule has 3 nitrogen and oxygen atoms in total. The van der Waals surface area contributed by atoms with Gasteiger partial charge in [0.15, 0.2) is 0 Å². The molecule has 0 amide bonds. The zero-order valence-electron chi connectivity index (χ0n) is 19.1. The van der Waals surface area contributed by atoms with Crippen LogP contribution in [0.5, 0.6) is 11.5 Å². The van der Waals surface area contributed by atoms with Gasteiger partial charge in [-0.3, -0.25) is 4.79 Å². The first kappa shape index (κ1) is 24.9. The first-order chi connectivity index (χ1) is 15.1. The number of alkyl halides is 1. The molecule has 0 heterocycles. The lowest BCUT2D eigenvalue weighted by Gasteiger charge is -2.09. The number of hydrogen-bond acceptors (Lipinski definition) is 3. The third-order valence-corrected chi connectivity index (χ3v) is 5.30. The molecule has 0 aromatic heterocycles. The maximum Gasteiger partial charge on any atom is 0.314 e. The number of esters is 1. The number of hydrogen-bond donors (Lipinski definition) is 0. The van der Waals surface area contributed by atoms with Gasteiger partial charge in [-0.2, -0.15) is 0 Å². The van der Waals surface area contributed by atoms with Crippen LogP contribution in [0.25, 0.3) is 11.1 Å². The minimum Gasteiger partial charge on any atom is -0.494 e. The highest BCUT2D eigenvalue weighted by atomic mass is 19.1. The van der Waals surface area contributed by atoms with Gasteiger partial charge in [0, 0.05) is 0 Å². The van der Waals surface area contributed by atoms with E-state index in [1.54, 1.807) is 12.1 Å². The summed E-state index contributed by atoms with van der Waals surface area (Å²) in [5, 5.41) is 0.